The molecular weight excluding hydrogens is 178 g/mol. The minimum atomic E-state index is 0.538. The van der Waals surface area contributed by atoms with Crippen LogP contribution in [0.4, 0.5) is 0 Å². The van der Waals surface area contributed by atoms with Crippen molar-refractivity contribution in [2.45, 2.75) is 18.7 Å². The summed E-state index contributed by atoms with van der Waals surface area (Å²) in [5.41, 5.74) is 2.96. The van der Waals surface area contributed by atoms with E-state index in [1.165, 1.54) is 16.9 Å². The summed E-state index contributed by atoms with van der Waals surface area (Å²) in [4.78, 5) is 0. The van der Waals surface area contributed by atoms with Crippen LogP contribution in [-0.2, 0) is 6.42 Å². The van der Waals surface area contributed by atoms with Gasteiger partial charge in [0.15, 0.2) is 0 Å². The summed E-state index contributed by atoms with van der Waals surface area (Å²) >= 11 is 2.01. The van der Waals surface area contributed by atoms with Crippen molar-refractivity contribution in [2.75, 3.05) is 12.3 Å². The molecule has 0 radical (unpaired) electrons. The molecule has 2 rings (SSSR count). The van der Waals surface area contributed by atoms with E-state index < -0.39 is 0 Å². The van der Waals surface area contributed by atoms with Crippen molar-refractivity contribution in [1.82, 2.24) is 5.32 Å². The van der Waals surface area contributed by atoms with Crippen LogP contribution in [0.3, 0.4) is 0 Å². The lowest BCUT2D eigenvalue weighted by molar-refractivity contribution is 0.743. The van der Waals surface area contributed by atoms with Crippen LogP contribution in [-0.4, -0.2) is 12.3 Å². The standard InChI is InChI=1S/C11H15NS/c1-2-9-5-3-4-6-10(9)11-12-7-8-13-11/h3-6,11-12H,2,7-8H2,1H3. The third-order valence-corrected chi connectivity index (χ3v) is 3.63. The molecule has 1 heterocycles. The van der Waals surface area contributed by atoms with Gasteiger partial charge in [0, 0.05) is 12.3 Å². The molecular formula is C11H15NS. The molecule has 0 bridgehead atoms. The Balaban J connectivity index is 2.26. The van der Waals surface area contributed by atoms with Crippen molar-refractivity contribution in [2.24, 2.45) is 0 Å². The largest absolute Gasteiger partial charge is 0.301 e. The van der Waals surface area contributed by atoms with Crippen molar-refractivity contribution in [1.29, 1.82) is 0 Å². The van der Waals surface area contributed by atoms with Crippen molar-refractivity contribution < 1.29 is 0 Å². The molecule has 0 spiro atoms. The SMILES string of the molecule is CCc1ccccc1C1NCCS1. The summed E-state index contributed by atoms with van der Waals surface area (Å²) in [6, 6.07) is 8.74. The molecule has 1 aliphatic rings. The maximum absolute atomic E-state index is 3.51. The molecule has 2 heteroatoms. The molecule has 0 amide bonds. The second-order valence-corrected chi connectivity index (χ2v) is 4.47. The minimum Gasteiger partial charge on any atom is -0.301 e. The molecule has 1 nitrogen and oxygen atoms in total. The van der Waals surface area contributed by atoms with E-state index >= 15 is 0 Å². The Morgan fingerprint density at radius 3 is 3.00 bits per heavy atom. The normalized spacial score (nSPS) is 22.1. The molecule has 70 valence electrons. The zero-order valence-electron chi connectivity index (χ0n) is 7.92. The Morgan fingerprint density at radius 1 is 1.46 bits per heavy atom. The predicted octanol–water partition coefficient (Wildman–Crippen LogP) is 2.58. The van der Waals surface area contributed by atoms with Gasteiger partial charge in [0.2, 0.25) is 0 Å². The van der Waals surface area contributed by atoms with E-state index in [4.69, 9.17) is 0 Å². The molecule has 1 aliphatic heterocycles. The highest BCUT2D eigenvalue weighted by atomic mass is 32.2. The van der Waals surface area contributed by atoms with E-state index in [1.807, 2.05) is 11.8 Å². The number of hydrogen-bond donors (Lipinski definition) is 1. The van der Waals surface area contributed by atoms with Crippen molar-refractivity contribution in [3.05, 3.63) is 35.4 Å². The van der Waals surface area contributed by atoms with Gasteiger partial charge in [-0.1, -0.05) is 31.2 Å². The van der Waals surface area contributed by atoms with Crippen LogP contribution in [0.2, 0.25) is 0 Å². The highest BCUT2D eigenvalue weighted by molar-refractivity contribution is 7.99. The predicted molar refractivity (Wildman–Crippen MR) is 59.0 cm³/mol. The van der Waals surface area contributed by atoms with E-state index in [0.29, 0.717) is 5.37 Å². The minimum absolute atomic E-state index is 0.538. The molecule has 1 unspecified atom stereocenters. The van der Waals surface area contributed by atoms with E-state index in [2.05, 4.69) is 36.5 Å². The quantitative estimate of drug-likeness (QED) is 0.775. The highest BCUT2D eigenvalue weighted by Gasteiger charge is 2.18. The maximum Gasteiger partial charge on any atom is 0.0792 e. The van der Waals surface area contributed by atoms with Crippen molar-refractivity contribution in [3.63, 3.8) is 0 Å². The lowest BCUT2D eigenvalue weighted by atomic mass is 10.1. The smallest absolute Gasteiger partial charge is 0.0792 e. The van der Waals surface area contributed by atoms with Crippen molar-refractivity contribution in [3.8, 4) is 0 Å². The topological polar surface area (TPSA) is 12.0 Å². The van der Waals surface area contributed by atoms with Gasteiger partial charge in [-0.3, -0.25) is 0 Å². The zero-order chi connectivity index (χ0) is 9.10. The van der Waals surface area contributed by atoms with Gasteiger partial charge in [0.25, 0.3) is 0 Å². The number of rotatable bonds is 2. The number of nitrogens with one attached hydrogen (secondary N) is 1. The summed E-state index contributed by atoms with van der Waals surface area (Å²) in [7, 11) is 0. The van der Waals surface area contributed by atoms with Crippen LogP contribution in [0.15, 0.2) is 24.3 Å². The maximum atomic E-state index is 3.51. The fourth-order valence-electron chi connectivity index (χ4n) is 1.74. The average Bonchev–Trinajstić information content (AvgIpc) is 2.70. The molecule has 1 N–H and O–H groups in total. The van der Waals surface area contributed by atoms with Crippen LogP contribution >= 0.6 is 11.8 Å². The Labute approximate surface area is 83.9 Å². The number of hydrogen-bond acceptors (Lipinski definition) is 2. The van der Waals surface area contributed by atoms with Crippen LogP contribution in [0.25, 0.3) is 0 Å². The highest BCUT2D eigenvalue weighted by Crippen LogP contribution is 2.31. The van der Waals surface area contributed by atoms with Crippen LogP contribution in [0.5, 0.6) is 0 Å². The van der Waals surface area contributed by atoms with Gasteiger partial charge in [-0.05, 0) is 17.5 Å². The van der Waals surface area contributed by atoms with Crippen LogP contribution < -0.4 is 5.32 Å². The number of benzene rings is 1. The molecule has 1 saturated heterocycles. The molecule has 1 fully saturated rings. The average molecular weight is 193 g/mol. The van der Waals surface area contributed by atoms with Gasteiger partial charge in [0.05, 0.1) is 5.37 Å². The zero-order valence-corrected chi connectivity index (χ0v) is 8.73. The Hall–Kier alpha value is -0.470. The van der Waals surface area contributed by atoms with E-state index in [1.54, 1.807) is 0 Å². The number of aryl methyl sites for hydroxylation is 1. The first-order chi connectivity index (χ1) is 6.42. The Kier molecular flexibility index (Phi) is 2.91. The van der Waals surface area contributed by atoms with Crippen LogP contribution in [0, 0.1) is 0 Å². The second-order valence-electron chi connectivity index (χ2n) is 3.26. The van der Waals surface area contributed by atoms with E-state index in [9.17, 15) is 0 Å². The molecule has 0 saturated carbocycles. The van der Waals surface area contributed by atoms with Crippen molar-refractivity contribution >= 4 is 11.8 Å². The van der Waals surface area contributed by atoms with Crippen LogP contribution in [0.1, 0.15) is 23.4 Å². The lowest BCUT2D eigenvalue weighted by Crippen LogP contribution is -2.13. The van der Waals surface area contributed by atoms with Gasteiger partial charge in [-0.15, -0.1) is 11.8 Å². The first-order valence-corrected chi connectivity index (χ1v) is 5.89. The summed E-state index contributed by atoms with van der Waals surface area (Å²) in [5.74, 6) is 1.24. The molecule has 13 heavy (non-hydrogen) atoms. The second kappa shape index (κ2) is 4.16. The summed E-state index contributed by atoms with van der Waals surface area (Å²) in [5, 5.41) is 4.05. The van der Waals surface area contributed by atoms with Gasteiger partial charge in [-0.2, -0.15) is 0 Å². The first-order valence-electron chi connectivity index (χ1n) is 4.84. The van der Waals surface area contributed by atoms with Gasteiger partial charge >= 0.3 is 0 Å². The molecule has 0 aromatic heterocycles. The molecule has 1 aromatic carbocycles. The fraction of sp³-hybridized carbons (Fsp3) is 0.455. The van der Waals surface area contributed by atoms with E-state index in [0.717, 1.165) is 13.0 Å². The van der Waals surface area contributed by atoms with Gasteiger partial charge in [-0.25, -0.2) is 0 Å². The summed E-state index contributed by atoms with van der Waals surface area (Å²) in [6.45, 7) is 3.37. The first kappa shape index (κ1) is 9.10. The fourth-order valence-corrected chi connectivity index (χ4v) is 2.85. The molecule has 0 aliphatic carbocycles. The molecule has 1 aromatic rings. The third kappa shape index (κ3) is 1.89. The Bertz CT molecular complexity index is 279. The monoisotopic (exact) mass is 193 g/mol. The van der Waals surface area contributed by atoms with Gasteiger partial charge in [0.1, 0.15) is 0 Å². The Morgan fingerprint density at radius 2 is 2.31 bits per heavy atom. The molecule has 1 atom stereocenters. The lowest BCUT2D eigenvalue weighted by Gasteiger charge is -2.13. The summed E-state index contributed by atoms with van der Waals surface area (Å²) < 4.78 is 0. The third-order valence-electron chi connectivity index (χ3n) is 2.43. The number of thioether (sulfide) groups is 1. The van der Waals surface area contributed by atoms with E-state index in [-0.39, 0.29) is 0 Å². The van der Waals surface area contributed by atoms with Gasteiger partial charge < -0.3 is 5.32 Å². The summed E-state index contributed by atoms with van der Waals surface area (Å²) in [6.07, 6.45) is 1.13.